The molecule has 0 aliphatic rings. The van der Waals surface area contributed by atoms with Crippen LogP contribution in [-0.2, 0) is 32.6 Å². The molecule has 1 atom stereocenters. The lowest BCUT2D eigenvalue weighted by Gasteiger charge is -2.34. The van der Waals surface area contributed by atoms with E-state index >= 15 is 0 Å². The Balaban J connectivity index is 1.82. The molecular formula is C35H39N3O4S. The second-order valence-electron chi connectivity index (χ2n) is 10.9. The molecule has 4 aromatic rings. The van der Waals surface area contributed by atoms with Crippen LogP contribution in [0.25, 0.3) is 0 Å². The molecule has 224 valence electrons. The van der Waals surface area contributed by atoms with Gasteiger partial charge in [-0.15, -0.1) is 0 Å². The molecule has 0 radical (unpaired) electrons. The van der Waals surface area contributed by atoms with Gasteiger partial charge in [-0.25, -0.2) is 8.42 Å². The van der Waals surface area contributed by atoms with Crippen molar-refractivity contribution in [2.24, 2.45) is 0 Å². The summed E-state index contributed by atoms with van der Waals surface area (Å²) < 4.78 is 29.6. The molecule has 0 spiro atoms. The highest BCUT2D eigenvalue weighted by Gasteiger charge is 2.35. The molecule has 0 fully saturated rings. The summed E-state index contributed by atoms with van der Waals surface area (Å²) in [6.45, 7) is 7.26. The lowest BCUT2D eigenvalue weighted by atomic mass is 10.0. The number of carbonyl (C=O) groups excluding carboxylic acids is 2. The number of hydrogen-bond donors (Lipinski definition) is 1. The highest BCUT2D eigenvalue weighted by atomic mass is 32.2. The summed E-state index contributed by atoms with van der Waals surface area (Å²) in [6.07, 6.45) is 0.270. The maximum Gasteiger partial charge on any atom is 0.264 e. The van der Waals surface area contributed by atoms with E-state index in [1.807, 2.05) is 88.4 Å². The Morgan fingerprint density at radius 1 is 0.767 bits per heavy atom. The number of rotatable bonds is 11. The molecule has 0 aliphatic heterocycles. The minimum atomic E-state index is -4.14. The van der Waals surface area contributed by atoms with Crippen LogP contribution in [0.1, 0.15) is 33.4 Å². The maximum atomic E-state index is 14.4. The molecule has 4 rings (SSSR count). The minimum absolute atomic E-state index is 0.0872. The van der Waals surface area contributed by atoms with Gasteiger partial charge in [-0.1, -0.05) is 90.0 Å². The van der Waals surface area contributed by atoms with Crippen molar-refractivity contribution < 1.29 is 18.0 Å². The molecule has 0 heterocycles. The second-order valence-corrected chi connectivity index (χ2v) is 12.7. The van der Waals surface area contributed by atoms with Gasteiger partial charge < -0.3 is 10.2 Å². The minimum Gasteiger partial charge on any atom is -0.357 e. The summed E-state index contributed by atoms with van der Waals surface area (Å²) in [4.78, 5) is 29.4. The average molecular weight is 598 g/mol. The van der Waals surface area contributed by atoms with E-state index in [4.69, 9.17) is 0 Å². The number of nitrogens with zero attached hydrogens (tertiary/aromatic N) is 2. The van der Waals surface area contributed by atoms with Gasteiger partial charge in [0.05, 0.1) is 10.6 Å². The van der Waals surface area contributed by atoms with E-state index in [9.17, 15) is 18.0 Å². The third kappa shape index (κ3) is 7.51. The van der Waals surface area contributed by atoms with Gasteiger partial charge in [0.1, 0.15) is 12.6 Å². The summed E-state index contributed by atoms with van der Waals surface area (Å²) in [7, 11) is -2.60. The van der Waals surface area contributed by atoms with Crippen molar-refractivity contribution in [2.75, 3.05) is 17.9 Å². The first-order valence-corrected chi connectivity index (χ1v) is 15.7. The number of amides is 2. The van der Waals surface area contributed by atoms with Crippen molar-refractivity contribution in [3.8, 4) is 0 Å². The molecule has 7 nitrogen and oxygen atoms in total. The Labute approximate surface area is 255 Å². The molecule has 0 aliphatic carbocycles. The van der Waals surface area contributed by atoms with Crippen molar-refractivity contribution in [3.05, 3.63) is 130 Å². The molecular weight excluding hydrogens is 558 g/mol. The fraction of sp³-hybridized carbons (Fsp3) is 0.257. The normalized spacial score (nSPS) is 11.9. The number of aryl methyl sites for hydroxylation is 3. The number of sulfonamides is 1. The quantitative estimate of drug-likeness (QED) is 0.247. The number of likely N-dealkylation sites (N-methyl/N-ethyl adjacent to an activating group) is 1. The maximum absolute atomic E-state index is 14.4. The van der Waals surface area contributed by atoms with Crippen LogP contribution in [0.5, 0.6) is 0 Å². The summed E-state index contributed by atoms with van der Waals surface area (Å²) in [5, 5.41) is 2.72. The lowest BCUT2D eigenvalue weighted by molar-refractivity contribution is -0.139. The van der Waals surface area contributed by atoms with E-state index in [0.717, 1.165) is 33.4 Å². The smallest absolute Gasteiger partial charge is 0.264 e. The number of nitrogens with one attached hydrogen (secondary N) is 1. The van der Waals surface area contributed by atoms with Gasteiger partial charge in [0.25, 0.3) is 10.0 Å². The van der Waals surface area contributed by atoms with Crippen LogP contribution in [0, 0.1) is 27.7 Å². The monoisotopic (exact) mass is 597 g/mol. The fourth-order valence-corrected chi connectivity index (χ4v) is 6.56. The van der Waals surface area contributed by atoms with Gasteiger partial charge in [-0.3, -0.25) is 13.9 Å². The fourth-order valence-electron chi connectivity index (χ4n) is 5.08. The first-order chi connectivity index (χ1) is 20.5. The average Bonchev–Trinajstić information content (AvgIpc) is 2.99. The zero-order chi connectivity index (χ0) is 31.1. The Hall–Kier alpha value is -4.43. The van der Waals surface area contributed by atoms with Crippen LogP contribution < -0.4 is 9.62 Å². The Morgan fingerprint density at radius 2 is 1.42 bits per heavy atom. The van der Waals surface area contributed by atoms with Gasteiger partial charge in [0.2, 0.25) is 11.8 Å². The molecule has 43 heavy (non-hydrogen) atoms. The van der Waals surface area contributed by atoms with Gasteiger partial charge in [0, 0.05) is 20.0 Å². The molecule has 8 heteroatoms. The Morgan fingerprint density at radius 3 is 2.07 bits per heavy atom. The first-order valence-electron chi connectivity index (χ1n) is 14.3. The third-order valence-corrected chi connectivity index (χ3v) is 9.46. The van der Waals surface area contributed by atoms with Crippen LogP contribution in [0.15, 0.2) is 102 Å². The molecule has 1 N–H and O–H groups in total. The highest BCUT2D eigenvalue weighted by molar-refractivity contribution is 7.92. The molecule has 0 aromatic heterocycles. The predicted molar refractivity (Wildman–Crippen MR) is 171 cm³/mol. The molecule has 0 unspecified atom stereocenters. The van der Waals surface area contributed by atoms with Crippen LogP contribution in [0.2, 0.25) is 0 Å². The molecule has 2 amide bonds. The van der Waals surface area contributed by atoms with Gasteiger partial charge in [-0.2, -0.15) is 0 Å². The van der Waals surface area contributed by atoms with Crippen molar-refractivity contribution in [1.82, 2.24) is 10.2 Å². The molecule has 0 saturated heterocycles. The summed E-state index contributed by atoms with van der Waals surface area (Å²) in [6, 6.07) is 28.4. The van der Waals surface area contributed by atoms with E-state index in [1.54, 1.807) is 43.4 Å². The van der Waals surface area contributed by atoms with E-state index in [1.165, 1.54) is 9.21 Å². The van der Waals surface area contributed by atoms with Gasteiger partial charge >= 0.3 is 0 Å². The molecule has 4 aromatic carbocycles. The van der Waals surface area contributed by atoms with E-state index in [2.05, 4.69) is 5.32 Å². The second kappa shape index (κ2) is 13.7. The Kier molecular flexibility index (Phi) is 10.0. The zero-order valence-electron chi connectivity index (χ0n) is 25.4. The molecule has 0 bridgehead atoms. The number of hydrogen-bond acceptors (Lipinski definition) is 4. The number of benzene rings is 4. The topological polar surface area (TPSA) is 86.8 Å². The van der Waals surface area contributed by atoms with E-state index < -0.39 is 28.5 Å². The standard InChI is InChI=1S/C35H39N3O4S/c1-25-17-19-31(20-18-25)43(41,42)38(32-16-10-12-27(3)28(32)4)24-34(39)37(23-30-15-9-11-26(2)21-30)33(35(40)36-5)22-29-13-7-6-8-14-29/h6-21,33H,22-24H2,1-5H3,(H,36,40)/t33-/m1/s1. The summed E-state index contributed by atoms with van der Waals surface area (Å²) in [5.41, 5.74) is 5.74. The van der Waals surface area contributed by atoms with Crippen molar-refractivity contribution >= 4 is 27.5 Å². The van der Waals surface area contributed by atoms with Crippen LogP contribution in [-0.4, -0.2) is 44.8 Å². The summed E-state index contributed by atoms with van der Waals surface area (Å²) in [5.74, 6) is -0.813. The van der Waals surface area contributed by atoms with Gasteiger partial charge in [0.15, 0.2) is 0 Å². The van der Waals surface area contributed by atoms with Crippen molar-refractivity contribution in [2.45, 2.75) is 51.6 Å². The van der Waals surface area contributed by atoms with Crippen LogP contribution >= 0.6 is 0 Å². The van der Waals surface area contributed by atoms with E-state index in [-0.39, 0.29) is 23.8 Å². The van der Waals surface area contributed by atoms with Crippen LogP contribution in [0.3, 0.4) is 0 Å². The van der Waals surface area contributed by atoms with Crippen molar-refractivity contribution in [1.29, 1.82) is 0 Å². The van der Waals surface area contributed by atoms with E-state index in [0.29, 0.717) is 5.69 Å². The largest absolute Gasteiger partial charge is 0.357 e. The van der Waals surface area contributed by atoms with Crippen molar-refractivity contribution in [3.63, 3.8) is 0 Å². The number of carbonyl (C=O) groups is 2. The molecule has 0 saturated carbocycles. The Bertz CT molecular complexity index is 1690. The SMILES string of the molecule is CNC(=O)[C@@H](Cc1ccccc1)N(Cc1cccc(C)c1)C(=O)CN(c1cccc(C)c1C)S(=O)(=O)c1ccc(C)cc1. The lowest BCUT2D eigenvalue weighted by Crippen LogP contribution is -2.53. The zero-order valence-corrected chi connectivity index (χ0v) is 26.2. The highest BCUT2D eigenvalue weighted by Crippen LogP contribution is 2.29. The first kappa shape index (κ1) is 31.5. The predicted octanol–water partition coefficient (Wildman–Crippen LogP) is 5.50. The third-order valence-electron chi connectivity index (χ3n) is 7.69. The number of anilines is 1. The van der Waals surface area contributed by atoms with Gasteiger partial charge in [-0.05, 0) is 68.1 Å². The summed E-state index contributed by atoms with van der Waals surface area (Å²) >= 11 is 0. The van der Waals surface area contributed by atoms with Crippen LogP contribution in [0.4, 0.5) is 5.69 Å².